The van der Waals surface area contributed by atoms with E-state index in [1.165, 1.54) is 6.21 Å². The molecule has 0 aromatic heterocycles. The van der Waals surface area contributed by atoms with E-state index >= 15 is 0 Å². The molecule has 7 heteroatoms. The van der Waals surface area contributed by atoms with Crippen molar-refractivity contribution in [2.45, 2.75) is 20.3 Å². The van der Waals surface area contributed by atoms with Gasteiger partial charge in [-0.15, -0.1) is 0 Å². The van der Waals surface area contributed by atoms with E-state index < -0.39 is 6.03 Å². The molecule has 0 heterocycles. The molecule has 0 fully saturated rings. The number of ether oxygens (including phenoxy) is 2. The zero-order valence-electron chi connectivity index (χ0n) is 14.8. The summed E-state index contributed by atoms with van der Waals surface area (Å²) < 4.78 is 11.6. The summed E-state index contributed by atoms with van der Waals surface area (Å²) in [5.41, 5.74) is 9.98. The van der Waals surface area contributed by atoms with E-state index in [1.807, 2.05) is 32.0 Å². The third-order valence-electron chi connectivity index (χ3n) is 3.55. The molecule has 0 aliphatic carbocycles. The zero-order valence-corrected chi connectivity index (χ0v) is 15.5. The van der Waals surface area contributed by atoms with E-state index in [1.54, 1.807) is 18.2 Å². The quantitative estimate of drug-likeness (QED) is 0.418. The van der Waals surface area contributed by atoms with Gasteiger partial charge >= 0.3 is 6.03 Å². The Balaban J connectivity index is 1.87. The monoisotopic (exact) mass is 375 g/mol. The predicted molar refractivity (Wildman–Crippen MR) is 103 cm³/mol. The number of amides is 2. The fourth-order valence-electron chi connectivity index (χ4n) is 2.36. The highest BCUT2D eigenvalue weighted by molar-refractivity contribution is 6.30. The van der Waals surface area contributed by atoms with Crippen LogP contribution in [0.2, 0.25) is 5.02 Å². The van der Waals surface area contributed by atoms with Crippen LogP contribution in [0.5, 0.6) is 11.5 Å². The van der Waals surface area contributed by atoms with Crippen LogP contribution in [0.3, 0.4) is 0 Å². The second-order valence-electron chi connectivity index (χ2n) is 5.69. The van der Waals surface area contributed by atoms with Crippen LogP contribution in [0.4, 0.5) is 4.79 Å². The predicted octanol–water partition coefficient (Wildman–Crippen LogP) is 3.81. The molecule has 2 aromatic carbocycles. The number of primary amides is 1. The van der Waals surface area contributed by atoms with E-state index in [-0.39, 0.29) is 0 Å². The summed E-state index contributed by atoms with van der Waals surface area (Å²) in [5.74, 6) is 1.53. The number of rotatable bonds is 8. The Morgan fingerprint density at radius 3 is 2.58 bits per heavy atom. The van der Waals surface area contributed by atoms with Gasteiger partial charge in [-0.3, -0.25) is 0 Å². The molecule has 0 spiro atoms. The molecule has 2 rings (SSSR count). The van der Waals surface area contributed by atoms with Gasteiger partial charge in [0.25, 0.3) is 0 Å². The van der Waals surface area contributed by atoms with Crippen molar-refractivity contribution < 1.29 is 14.3 Å². The van der Waals surface area contributed by atoms with Crippen molar-refractivity contribution in [3.05, 3.63) is 58.1 Å². The number of halogens is 1. The molecule has 0 atom stereocenters. The number of hydrogen-bond donors (Lipinski definition) is 2. The largest absolute Gasteiger partial charge is 0.493 e. The number of carbonyl (C=O) groups is 1. The van der Waals surface area contributed by atoms with Gasteiger partial charge in [0, 0.05) is 17.0 Å². The number of urea groups is 1. The summed E-state index contributed by atoms with van der Waals surface area (Å²) in [7, 11) is 0. The Hall–Kier alpha value is -2.73. The Kier molecular flexibility index (Phi) is 7.29. The number of para-hydroxylation sites is 1. The van der Waals surface area contributed by atoms with Gasteiger partial charge in [-0.05, 0) is 43.2 Å². The number of nitrogens with two attached hydrogens (primary N) is 1. The molecule has 0 saturated heterocycles. The molecule has 138 valence electrons. The molecule has 0 bridgehead atoms. The standard InChI is InChI=1S/C19H22ClN3O3/c1-13-5-3-6-14(2)18(13)26-10-4-9-25-17-8-7-16(20)11-15(17)12-22-23-19(21)24/h3,5-8,11-12H,4,9-10H2,1-2H3,(H3,21,23,24)/b22-12+. The first kappa shape index (κ1) is 19.6. The van der Waals surface area contributed by atoms with Crippen molar-refractivity contribution in [1.29, 1.82) is 0 Å². The fraction of sp³-hybridized carbons (Fsp3) is 0.263. The zero-order chi connectivity index (χ0) is 18.9. The highest BCUT2D eigenvalue weighted by atomic mass is 35.5. The molecule has 26 heavy (non-hydrogen) atoms. The van der Waals surface area contributed by atoms with Gasteiger partial charge in [0.2, 0.25) is 0 Å². The summed E-state index contributed by atoms with van der Waals surface area (Å²) in [6, 6.07) is 10.5. The number of hydrazone groups is 1. The molecule has 0 radical (unpaired) electrons. The van der Waals surface area contributed by atoms with Crippen LogP contribution in [-0.4, -0.2) is 25.5 Å². The van der Waals surface area contributed by atoms with Crippen LogP contribution in [0.15, 0.2) is 41.5 Å². The molecule has 0 unspecified atom stereocenters. The Labute approximate surface area is 157 Å². The fourth-order valence-corrected chi connectivity index (χ4v) is 2.54. The average Bonchev–Trinajstić information content (AvgIpc) is 2.58. The van der Waals surface area contributed by atoms with Crippen LogP contribution in [0, 0.1) is 13.8 Å². The molecular weight excluding hydrogens is 354 g/mol. The van der Waals surface area contributed by atoms with Crippen molar-refractivity contribution in [3.8, 4) is 11.5 Å². The van der Waals surface area contributed by atoms with Crippen LogP contribution in [-0.2, 0) is 0 Å². The Bertz CT molecular complexity index is 773. The third kappa shape index (κ3) is 5.97. The van der Waals surface area contributed by atoms with E-state index in [4.69, 9.17) is 26.8 Å². The van der Waals surface area contributed by atoms with Gasteiger partial charge in [0.1, 0.15) is 11.5 Å². The minimum absolute atomic E-state index is 0.469. The Morgan fingerprint density at radius 2 is 1.88 bits per heavy atom. The summed E-state index contributed by atoms with van der Waals surface area (Å²) in [6.07, 6.45) is 2.14. The van der Waals surface area contributed by atoms with Gasteiger partial charge < -0.3 is 15.2 Å². The Morgan fingerprint density at radius 1 is 1.19 bits per heavy atom. The molecule has 3 N–H and O–H groups in total. The van der Waals surface area contributed by atoms with Gasteiger partial charge in [-0.25, -0.2) is 10.2 Å². The second kappa shape index (κ2) is 9.68. The maximum atomic E-state index is 10.7. The molecule has 2 aromatic rings. The lowest BCUT2D eigenvalue weighted by atomic mass is 10.1. The number of nitrogens with zero attached hydrogens (tertiary/aromatic N) is 1. The lowest BCUT2D eigenvalue weighted by Crippen LogP contribution is -2.24. The molecule has 6 nitrogen and oxygen atoms in total. The second-order valence-corrected chi connectivity index (χ2v) is 6.12. The summed E-state index contributed by atoms with van der Waals surface area (Å²) >= 11 is 5.99. The smallest absolute Gasteiger partial charge is 0.332 e. The lowest BCUT2D eigenvalue weighted by molar-refractivity contribution is 0.245. The van der Waals surface area contributed by atoms with Gasteiger partial charge in [-0.2, -0.15) is 5.10 Å². The molecule has 0 aliphatic heterocycles. The number of benzene rings is 2. The van der Waals surface area contributed by atoms with Crippen LogP contribution in [0.25, 0.3) is 0 Å². The maximum absolute atomic E-state index is 10.7. The van der Waals surface area contributed by atoms with Gasteiger partial charge in [0.05, 0.1) is 19.4 Å². The summed E-state index contributed by atoms with van der Waals surface area (Å²) in [4.78, 5) is 10.7. The van der Waals surface area contributed by atoms with Crippen LogP contribution < -0.4 is 20.6 Å². The SMILES string of the molecule is Cc1cccc(C)c1OCCCOc1ccc(Cl)cc1/C=N/NC(N)=O. The van der Waals surface area contributed by atoms with Gasteiger partial charge in [-0.1, -0.05) is 29.8 Å². The van der Waals surface area contributed by atoms with E-state index in [0.717, 1.165) is 16.9 Å². The van der Waals surface area contributed by atoms with Crippen molar-refractivity contribution in [3.63, 3.8) is 0 Å². The van der Waals surface area contributed by atoms with E-state index in [9.17, 15) is 4.79 Å². The highest BCUT2D eigenvalue weighted by Gasteiger charge is 2.05. The number of hydrogen-bond acceptors (Lipinski definition) is 4. The normalized spacial score (nSPS) is 10.7. The average molecular weight is 376 g/mol. The molecule has 2 amide bonds. The number of aryl methyl sites for hydroxylation is 2. The highest BCUT2D eigenvalue weighted by Crippen LogP contribution is 2.23. The van der Waals surface area contributed by atoms with Gasteiger partial charge in [0.15, 0.2) is 0 Å². The van der Waals surface area contributed by atoms with E-state index in [0.29, 0.717) is 36.0 Å². The van der Waals surface area contributed by atoms with Crippen LogP contribution >= 0.6 is 11.6 Å². The first-order valence-corrected chi connectivity index (χ1v) is 8.55. The van der Waals surface area contributed by atoms with E-state index in [2.05, 4.69) is 10.5 Å². The van der Waals surface area contributed by atoms with Crippen molar-refractivity contribution in [2.75, 3.05) is 13.2 Å². The molecule has 0 saturated carbocycles. The minimum Gasteiger partial charge on any atom is -0.493 e. The van der Waals surface area contributed by atoms with Crippen molar-refractivity contribution in [1.82, 2.24) is 5.43 Å². The number of carbonyl (C=O) groups excluding carboxylic acids is 1. The summed E-state index contributed by atoms with van der Waals surface area (Å²) in [6.45, 7) is 5.07. The van der Waals surface area contributed by atoms with Crippen molar-refractivity contribution in [2.24, 2.45) is 10.8 Å². The molecular formula is C19H22ClN3O3. The third-order valence-corrected chi connectivity index (χ3v) is 3.79. The minimum atomic E-state index is -0.741. The van der Waals surface area contributed by atoms with Crippen molar-refractivity contribution >= 4 is 23.8 Å². The first-order chi connectivity index (χ1) is 12.5. The lowest BCUT2D eigenvalue weighted by Gasteiger charge is -2.13. The maximum Gasteiger partial charge on any atom is 0.332 e. The first-order valence-electron chi connectivity index (χ1n) is 8.17. The number of nitrogens with one attached hydrogen (secondary N) is 1. The summed E-state index contributed by atoms with van der Waals surface area (Å²) in [5, 5.41) is 4.27. The molecule has 0 aliphatic rings. The van der Waals surface area contributed by atoms with Crippen LogP contribution in [0.1, 0.15) is 23.1 Å². The topological polar surface area (TPSA) is 85.9 Å².